The van der Waals surface area contributed by atoms with E-state index in [-0.39, 0.29) is 18.4 Å². The molecule has 0 atom stereocenters. The number of aryl methyl sites for hydroxylation is 3. The SMILES string of the molecule is Cc1cc(-c2cc(C(=O)N(CCC#N)C3CCOCC3)c3c(C)noc3n2)c(C)o1. The molecule has 0 unspecified atom stereocenters. The summed E-state index contributed by atoms with van der Waals surface area (Å²) in [5, 5.41) is 13.8. The van der Waals surface area contributed by atoms with Crippen molar-refractivity contribution in [2.45, 2.75) is 46.1 Å². The van der Waals surface area contributed by atoms with Crippen molar-refractivity contribution >= 4 is 17.0 Å². The molecule has 0 spiro atoms. The average Bonchev–Trinajstić information content (AvgIpc) is 3.29. The van der Waals surface area contributed by atoms with Crippen molar-refractivity contribution in [3.8, 4) is 17.3 Å². The number of nitriles is 1. The van der Waals surface area contributed by atoms with Crippen LogP contribution in [0.3, 0.4) is 0 Å². The van der Waals surface area contributed by atoms with Crippen LogP contribution in [0.15, 0.2) is 21.1 Å². The van der Waals surface area contributed by atoms with E-state index in [9.17, 15) is 4.79 Å². The smallest absolute Gasteiger partial charge is 0.259 e. The number of carbonyl (C=O) groups excluding carboxylic acids is 1. The first-order chi connectivity index (χ1) is 14.5. The highest BCUT2D eigenvalue weighted by Crippen LogP contribution is 2.32. The monoisotopic (exact) mass is 408 g/mol. The van der Waals surface area contributed by atoms with E-state index in [1.54, 1.807) is 17.9 Å². The maximum atomic E-state index is 13.7. The van der Waals surface area contributed by atoms with Gasteiger partial charge >= 0.3 is 0 Å². The van der Waals surface area contributed by atoms with Crippen LogP contribution in [0.5, 0.6) is 0 Å². The van der Waals surface area contributed by atoms with E-state index in [0.29, 0.717) is 47.8 Å². The summed E-state index contributed by atoms with van der Waals surface area (Å²) in [6, 6.07) is 5.86. The Morgan fingerprint density at radius 2 is 2.03 bits per heavy atom. The van der Waals surface area contributed by atoms with Crippen LogP contribution in [-0.2, 0) is 4.74 Å². The first-order valence-electron chi connectivity index (χ1n) is 10.1. The molecule has 1 aliphatic rings. The number of carbonyl (C=O) groups is 1. The van der Waals surface area contributed by atoms with Gasteiger partial charge in [0.15, 0.2) is 0 Å². The molecule has 0 N–H and O–H groups in total. The van der Waals surface area contributed by atoms with E-state index in [1.165, 1.54) is 0 Å². The van der Waals surface area contributed by atoms with Crippen molar-refractivity contribution in [1.29, 1.82) is 5.26 Å². The predicted molar refractivity (Wildman–Crippen MR) is 109 cm³/mol. The van der Waals surface area contributed by atoms with Gasteiger partial charge in [-0.05, 0) is 45.7 Å². The molecule has 3 aromatic rings. The molecule has 0 bridgehead atoms. The van der Waals surface area contributed by atoms with E-state index in [1.807, 2.05) is 19.9 Å². The first-order valence-corrected chi connectivity index (χ1v) is 10.1. The molecule has 4 rings (SSSR count). The van der Waals surface area contributed by atoms with Crippen molar-refractivity contribution in [3.63, 3.8) is 0 Å². The number of nitrogens with zero attached hydrogens (tertiary/aromatic N) is 4. The molecular formula is C22H24N4O4. The van der Waals surface area contributed by atoms with Crippen LogP contribution in [0.25, 0.3) is 22.4 Å². The fourth-order valence-corrected chi connectivity index (χ4v) is 4.06. The number of aromatic nitrogens is 2. The Balaban J connectivity index is 1.82. The third kappa shape index (κ3) is 3.68. The topological polar surface area (TPSA) is 105 Å². The molecule has 156 valence electrons. The normalized spacial score (nSPS) is 14.7. The van der Waals surface area contributed by atoms with E-state index >= 15 is 0 Å². The Kier molecular flexibility index (Phi) is 5.55. The Hall–Kier alpha value is -3.18. The van der Waals surface area contributed by atoms with E-state index in [2.05, 4.69) is 16.2 Å². The van der Waals surface area contributed by atoms with Gasteiger partial charge in [0, 0.05) is 31.4 Å². The molecule has 0 aliphatic carbocycles. The summed E-state index contributed by atoms with van der Waals surface area (Å²) in [6.07, 6.45) is 1.77. The zero-order valence-electron chi connectivity index (χ0n) is 17.4. The number of furan rings is 1. The molecule has 4 heterocycles. The minimum absolute atomic E-state index is 0.0318. The number of amides is 1. The molecule has 1 fully saturated rings. The minimum Gasteiger partial charge on any atom is -0.466 e. The highest BCUT2D eigenvalue weighted by atomic mass is 16.5. The summed E-state index contributed by atoms with van der Waals surface area (Å²) in [7, 11) is 0. The lowest BCUT2D eigenvalue weighted by atomic mass is 10.0. The van der Waals surface area contributed by atoms with Gasteiger partial charge in [-0.15, -0.1) is 0 Å². The zero-order valence-corrected chi connectivity index (χ0v) is 17.4. The van der Waals surface area contributed by atoms with Crippen molar-refractivity contribution < 1.29 is 18.5 Å². The second-order valence-electron chi connectivity index (χ2n) is 7.58. The molecule has 1 saturated heterocycles. The second kappa shape index (κ2) is 8.28. The number of ether oxygens (including phenoxy) is 1. The Labute approximate surface area is 174 Å². The van der Waals surface area contributed by atoms with Gasteiger partial charge in [0.2, 0.25) is 0 Å². The highest BCUT2D eigenvalue weighted by Gasteiger charge is 2.29. The summed E-state index contributed by atoms with van der Waals surface area (Å²) in [4.78, 5) is 20.1. The standard InChI is InChI=1S/C22H24N4O4/c1-13-11-17(15(3)29-13)19-12-18(20-14(2)25-30-21(20)24-19)22(27)26(8-4-7-23)16-5-9-28-10-6-16/h11-12,16H,4-6,8-10H2,1-3H3. The van der Waals surface area contributed by atoms with Crippen LogP contribution in [0.4, 0.5) is 0 Å². The Morgan fingerprint density at radius 3 is 2.70 bits per heavy atom. The molecule has 30 heavy (non-hydrogen) atoms. The second-order valence-corrected chi connectivity index (χ2v) is 7.58. The number of hydrogen-bond donors (Lipinski definition) is 0. The summed E-state index contributed by atoms with van der Waals surface area (Å²) < 4.78 is 16.5. The molecule has 8 nitrogen and oxygen atoms in total. The highest BCUT2D eigenvalue weighted by molar-refractivity contribution is 6.07. The Morgan fingerprint density at radius 1 is 1.27 bits per heavy atom. The quantitative estimate of drug-likeness (QED) is 0.629. The maximum Gasteiger partial charge on any atom is 0.259 e. The van der Waals surface area contributed by atoms with Gasteiger partial charge in [-0.3, -0.25) is 4.79 Å². The van der Waals surface area contributed by atoms with Gasteiger partial charge in [-0.2, -0.15) is 5.26 Å². The summed E-state index contributed by atoms with van der Waals surface area (Å²) >= 11 is 0. The summed E-state index contributed by atoms with van der Waals surface area (Å²) in [5.74, 6) is 1.35. The average molecular weight is 408 g/mol. The minimum atomic E-state index is -0.144. The van der Waals surface area contributed by atoms with E-state index in [0.717, 1.165) is 29.9 Å². The fraction of sp³-hybridized carbons (Fsp3) is 0.455. The van der Waals surface area contributed by atoms with E-state index < -0.39 is 0 Å². The van der Waals surface area contributed by atoms with Gasteiger partial charge in [0.25, 0.3) is 11.6 Å². The van der Waals surface area contributed by atoms with Crippen LogP contribution >= 0.6 is 0 Å². The lowest BCUT2D eigenvalue weighted by Gasteiger charge is -2.34. The van der Waals surface area contributed by atoms with Crippen LogP contribution in [0, 0.1) is 32.1 Å². The number of hydrogen-bond acceptors (Lipinski definition) is 7. The molecule has 0 saturated carbocycles. The number of rotatable bonds is 5. The van der Waals surface area contributed by atoms with Crippen LogP contribution in [0.2, 0.25) is 0 Å². The lowest BCUT2D eigenvalue weighted by Crippen LogP contribution is -2.44. The Bertz CT molecular complexity index is 1120. The van der Waals surface area contributed by atoms with Crippen molar-refractivity contribution in [2.24, 2.45) is 0 Å². The number of pyridine rings is 1. The molecule has 3 aromatic heterocycles. The number of fused-ring (bicyclic) bond motifs is 1. The van der Waals surface area contributed by atoms with Gasteiger partial charge in [-0.1, -0.05) is 5.16 Å². The van der Waals surface area contributed by atoms with E-state index in [4.69, 9.17) is 18.9 Å². The zero-order chi connectivity index (χ0) is 21.3. The van der Waals surface area contributed by atoms with Gasteiger partial charge in [0.1, 0.15) is 11.5 Å². The van der Waals surface area contributed by atoms with Crippen molar-refractivity contribution in [1.82, 2.24) is 15.0 Å². The molecule has 0 radical (unpaired) electrons. The molecule has 1 aliphatic heterocycles. The summed E-state index contributed by atoms with van der Waals surface area (Å²) in [5.41, 5.74) is 2.82. The fourth-order valence-electron chi connectivity index (χ4n) is 4.06. The lowest BCUT2D eigenvalue weighted by molar-refractivity contribution is 0.0297. The van der Waals surface area contributed by atoms with Crippen molar-refractivity contribution in [3.05, 3.63) is 34.9 Å². The van der Waals surface area contributed by atoms with Crippen molar-refractivity contribution in [2.75, 3.05) is 19.8 Å². The first kappa shape index (κ1) is 20.1. The summed E-state index contributed by atoms with van der Waals surface area (Å²) in [6.45, 7) is 7.12. The molecule has 0 aromatic carbocycles. The third-order valence-electron chi connectivity index (χ3n) is 5.52. The predicted octanol–water partition coefficient (Wildman–Crippen LogP) is 3.94. The van der Waals surface area contributed by atoms with Crippen LogP contribution in [0.1, 0.15) is 46.8 Å². The molecular weight excluding hydrogens is 384 g/mol. The van der Waals surface area contributed by atoms with Gasteiger partial charge in [0.05, 0.1) is 34.8 Å². The largest absolute Gasteiger partial charge is 0.466 e. The van der Waals surface area contributed by atoms with Gasteiger partial charge in [-0.25, -0.2) is 4.98 Å². The molecule has 8 heteroatoms. The van der Waals surface area contributed by atoms with Gasteiger partial charge < -0.3 is 18.6 Å². The van der Waals surface area contributed by atoms with Crippen LogP contribution in [-0.4, -0.2) is 46.7 Å². The third-order valence-corrected chi connectivity index (χ3v) is 5.52. The van der Waals surface area contributed by atoms with Crippen LogP contribution < -0.4 is 0 Å². The molecule has 1 amide bonds. The maximum absolute atomic E-state index is 13.7.